The lowest BCUT2D eigenvalue weighted by Gasteiger charge is -2.22. The van der Waals surface area contributed by atoms with Gasteiger partial charge in [-0.15, -0.1) is 0 Å². The third kappa shape index (κ3) is 2.98. The van der Waals surface area contributed by atoms with Crippen molar-refractivity contribution in [3.63, 3.8) is 0 Å². The molecule has 1 saturated carbocycles. The lowest BCUT2D eigenvalue weighted by molar-refractivity contribution is 0.414. The molecule has 1 heterocycles. The fourth-order valence-corrected chi connectivity index (χ4v) is 3.94. The number of rotatable bonds is 6. The third-order valence-corrected chi connectivity index (χ3v) is 6.69. The summed E-state index contributed by atoms with van der Waals surface area (Å²) in [5, 5.41) is 0. The summed E-state index contributed by atoms with van der Waals surface area (Å²) in [4.78, 5) is 4.33. The number of sulfonamides is 1. The van der Waals surface area contributed by atoms with Gasteiger partial charge in [-0.05, 0) is 37.5 Å². The molecule has 3 rings (SSSR count). The predicted octanol–water partition coefficient (Wildman–Crippen LogP) is 1.99. The van der Waals surface area contributed by atoms with Crippen LogP contribution < -0.4 is 9.46 Å². The molecular formula is C16H21N3O3S. The Hall–Kier alpha value is -1.86. The van der Waals surface area contributed by atoms with Crippen molar-refractivity contribution in [2.75, 3.05) is 7.11 Å². The van der Waals surface area contributed by atoms with Crippen LogP contribution in [0.15, 0.2) is 36.7 Å². The second kappa shape index (κ2) is 5.65. The lowest BCUT2D eigenvalue weighted by Crippen LogP contribution is -2.38. The van der Waals surface area contributed by atoms with Crippen LogP contribution in [0.2, 0.25) is 0 Å². The van der Waals surface area contributed by atoms with Crippen LogP contribution in [-0.2, 0) is 17.1 Å². The van der Waals surface area contributed by atoms with Crippen molar-refractivity contribution in [3.05, 3.63) is 48.0 Å². The zero-order valence-corrected chi connectivity index (χ0v) is 14.3. The maximum Gasteiger partial charge on any atom is 0.218 e. The first-order valence-electron chi connectivity index (χ1n) is 7.49. The van der Waals surface area contributed by atoms with E-state index in [-0.39, 0.29) is 0 Å². The predicted molar refractivity (Wildman–Crippen MR) is 87.7 cm³/mol. The highest BCUT2D eigenvalue weighted by molar-refractivity contribution is 7.91. The van der Waals surface area contributed by atoms with E-state index < -0.39 is 20.8 Å². The number of methoxy groups -OCH3 is 1. The van der Waals surface area contributed by atoms with Gasteiger partial charge in [0.05, 0.1) is 11.9 Å². The minimum atomic E-state index is -3.43. The largest absolute Gasteiger partial charge is 0.497 e. The van der Waals surface area contributed by atoms with Crippen LogP contribution >= 0.6 is 0 Å². The van der Waals surface area contributed by atoms with Crippen LogP contribution in [-0.4, -0.2) is 29.8 Å². The maximum atomic E-state index is 12.7. The van der Waals surface area contributed by atoms with E-state index in [0.29, 0.717) is 18.7 Å². The number of ether oxygens (including phenoxy) is 1. The summed E-state index contributed by atoms with van der Waals surface area (Å²) in [6.07, 6.45) is 4.86. The molecule has 0 bridgehead atoms. The quantitative estimate of drug-likeness (QED) is 0.876. The van der Waals surface area contributed by atoms with Gasteiger partial charge in [-0.2, -0.15) is 4.72 Å². The van der Waals surface area contributed by atoms with E-state index in [0.717, 1.165) is 11.3 Å². The molecule has 1 aromatic heterocycles. The van der Waals surface area contributed by atoms with Crippen molar-refractivity contribution >= 4 is 10.0 Å². The Labute approximate surface area is 136 Å². The summed E-state index contributed by atoms with van der Waals surface area (Å²) in [5.74, 6) is 1.38. The summed E-state index contributed by atoms with van der Waals surface area (Å²) < 4.78 is 34.5. The molecule has 124 valence electrons. The molecule has 2 aromatic rings. The normalized spacial score (nSPS) is 17.7. The van der Waals surface area contributed by atoms with E-state index >= 15 is 0 Å². The van der Waals surface area contributed by atoms with Gasteiger partial charge >= 0.3 is 0 Å². The van der Waals surface area contributed by atoms with E-state index in [4.69, 9.17) is 4.74 Å². The van der Waals surface area contributed by atoms with Crippen LogP contribution in [0.5, 0.6) is 5.75 Å². The fourth-order valence-electron chi connectivity index (χ4n) is 2.46. The topological polar surface area (TPSA) is 73.2 Å². The van der Waals surface area contributed by atoms with Crippen LogP contribution in [0.1, 0.15) is 37.2 Å². The molecule has 0 amide bonds. The Balaban J connectivity index is 1.99. The molecule has 0 radical (unpaired) electrons. The summed E-state index contributed by atoms with van der Waals surface area (Å²) in [6, 6.07) is 6.83. The molecule has 1 N–H and O–H groups in total. The van der Waals surface area contributed by atoms with Crippen molar-refractivity contribution in [2.24, 2.45) is 7.05 Å². The molecule has 1 aliphatic rings. The van der Waals surface area contributed by atoms with Gasteiger partial charge in [0.15, 0.2) is 0 Å². The molecule has 0 saturated heterocycles. The Morgan fingerprint density at radius 3 is 2.43 bits per heavy atom. The van der Waals surface area contributed by atoms with Crippen LogP contribution in [0, 0.1) is 0 Å². The number of aromatic nitrogens is 2. The van der Waals surface area contributed by atoms with E-state index in [2.05, 4.69) is 9.71 Å². The van der Waals surface area contributed by atoms with Gasteiger partial charge in [0.2, 0.25) is 10.0 Å². The van der Waals surface area contributed by atoms with Crippen LogP contribution in [0.3, 0.4) is 0 Å². The van der Waals surface area contributed by atoms with Gasteiger partial charge in [-0.3, -0.25) is 0 Å². The molecule has 1 atom stereocenters. The minimum Gasteiger partial charge on any atom is -0.497 e. The smallest absolute Gasteiger partial charge is 0.218 e. The van der Waals surface area contributed by atoms with Crippen molar-refractivity contribution in [2.45, 2.75) is 30.6 Å². The zero-order chi connectivity index (χ0) is 16.7. The summed E-state index contributed by atoms with van der Waals surface area (Å²) in [5.41, 5.74) is 0.827. The average Bonchev–Trinajstić information content (AvgIpc) is 3.16. The van der Waals surface area contributed by atoms with Gasteiger partial charge in [0, 0.05) is 19.4 Å². The maximum absolute atomic E-state index is 12.7. The van der Waals surface area contributed by atoms with Crippen molar-refractivity contribution in [3.8, 4) is 5.75 Å². The van der Waals surface area contributed by atoms with Crippen molar-refractivity contribution in [1.82, 2.24) is 14.3 Å². The second-order valence-corrected chi connectivity index (χ2v) is 8.40. The third-order valence-electron chi connectivity index (χ3n) is 4.44. The first-order valence-corrected chi connectivity index (χ1v) is 8.98. The standard InChI is InChI=1S/C16H21N3O3S/c1-16(8-9-16)23(20,21)18-14(15-17-10-11-19(15)2)12-4-6-13(22-3)7-5-12/h4-7,10-11,14,18H,8-9H2,1-3H3. The average molecular weight is 335 g/mol. The number of nitrogens with zero attached hydrogens (tertiary/aromatic N) is 2. The summed E-state index contributed by atoms with van der Waals surface area (Å²) in [7, 11) is 0.0252. The fraction of sp³-hybridized carbons (Fsp3) is 0.438. The molecule has 23 heavy (non-hydrogen) atoms. The number of benzene rings is 1. The molecule has 1 aromatic carbocycles. The molecule has 1 aliphatic carbocycles. The van der Waals surface area contributed by atoms with Gasteiger partial charge in [-0.25, -0.2) is 13.4 Å². The molecular weight excluding hydrogens is 314 g/mol. The van der Waals surface area contributed by atoms with Gasteiger partial charge < -0.3 is 9.30 Å². The Morgan fingerprint density at radius 1 is 1.30 bits per heavy atom. The van der Waals surface area contributed by atoms with E-state index in [1.165, 1.54) is 0 Å². The molecule has 1 unspecified atom stereocenters. The Bertz CT molecular complexity index is 792. The highest BCUT2D eigenvalue weighted by Gasteiger charge is 2.51. The van der Waals surface area contributed by atoms with Crippen LogP contribution in [0.4, 0.5) is 0 Å². The summed E-state index contributed by atoms with van der Waals surface area (Å²) in [6.45, 7) is 1.78. The Kier molecular flexibility index (Phi) is 3.93. The van der Waals surface area contributed by atoms with E-state index in [1.54, 1.807) is 26.4 Å². The van der Waals surface area contributed by atoms with E-state index in [9.17, 15) is 8.42 Å². The van der Waals surface area contributed by atoms with Crippen molar-refractivity contribution in [1.29, 1.82) is 0 Å². The monoisotopic (exact) mass is 335 g/mol. The summed E-state index contributed by atoms with van der Waals surface area (Å²) >= 11 is 0. The second-order valence-electron chi connectivity index (χ2n) is 6.17. The number of aryl methyl sites for hydroxylation is 1. The lowest BCUT2D eigenvalue weighted by atomic mass is 10.1. The molecule has 1 fully saturated rings. The first kappa shape index (κ1) is 16.0. The molecule has 7 heteroatoms. The number of nitrogens with one attached hydrogen (secondary N) is 1. The van der Waals surface area contributed by atoms with Gasteiger partial charge in [0.25, 0.3) is 0 Å². The van der Waals surface area contributed by atoms with Gasteiger partial charge in [0.1, 0.15) is 17.6 Å². The SMILES string of the molecule is COc1ccc(C(NS(=O)(=O)C2(C)CC2)c2nccn2C)cc1. The molecule has 0 spiro atoms. The molecule has 0 aliphatic heterocycles. The number of imidazole rings is 1. The highest BCUT2D eigenvalue weighted by Crippen LogP contribution is 2.43. The van der Waals surface area contributed by atoms with E-state index in [1.807, 2.05) is 35.9 Å². The van der Waals surface area contributed by atoms with Gasteiger partial charge in [-0.1, -0.05) is 12.1 Å². The minimum absolute atomic E-state index is 0.525. The number of hydrogen-bond donors (Lipinski definition) is 1. The number of hydrogen-bond acceptors (Lipinski definition) is 4. The van der Waals surface area contributed by atoms with Crippen LogP contribution in [0.25, 0.3) is 0 Å². The van der Waals surface area contributed by atoms with Crippen molar-refractivity contribution < 1.29 is 13.2 Å². The zero-order valence-electron chi connectivity index (χ0n) is 13.5. The highest BCUT2D eigenvalue weighted by atomic mass is 32.2. The first-order chi connectivity index (χ1) is 10.9. The Morgan fingerprint density at radius 2 is 1.96 bits per heavy atom. The molecule has 6 nitrogen and oxygen atoms in total.